The van der Waals surface area contributed by atoms with Gasteiger partial charge in [-0.2, -0.15) is 4.98 Å². The van der Waals surface area contributed by atoms with E-state index in [2.05, 4.69) is 27.2 Å². The average molecular weight is 288 g/mol. The van der Waals surface area contributed by atoms with Crippen molar-refractivity contribution in [2.75, 3.05) is 20.8 Å². The molecule has 2 aromatic heterocycles. The number of hydrogen-bond donors (Lipinski definition) is 1. The molecule has 0 bridgehead atoms. The number of nitrogens with one attached hydrogen (secondary N) is 1. The summed E-state index contributed by atoms with van der Waals surface area (Å²) in [5.41, 5.74) is 1.58. The molecule has 21 heavy (non-hydrogen) atoms. The third-order valence-electron chi connectivity index (χ3n) is 3.00. The Morgan fingerprint density at radius 3 is 2.67 bits per heavy atom. The largest absolute Gasteiger partial charge is 0.480 e. The number of hydrogen-bond acceptors (Lipinski definition) is 6. The smallest absolute Gasteiger partial charge is 0.240 e. The molecule has 0 fully saturated rings. The molecule has 2 rings (SSSR count). The standard InChI is InChI=1S/C15H20N4O2/c1-4-8-17-13(11-7-5-6-9-16-11)14-15(21-3)19-12(20-2)10-18-14/h5-7,9-10,13,17H,4,8H2,1-3H3. The van der Waals surface area contributed by atoms with E-state index < -0.39 is 0 Å². The van der Waals surface area contributed by atoms with Gasteiger partial charge in [-0.15, -0.1) is 0 Å². The number of pyridine rings is 1. The van der Waals surface area contributed by atoms with Gasteiger partial charge in [0, 0.05) is 6.20 Å². The Balaban J connectivity index is 2.41. The van der Waals surface area contributed by atoms with E-state index in [1.54, 1.807) is 26.6 Å². The minimum atomic E-state index is -0.167. The predicted molar refractivity (Wildman–Crippen MR) is 79.5 cm³/mol. The van der Waals surface area contributed by atoms with Crippen LogP contribution < -0.4 is 14.8 Å². The molecule has 0 aliphatic carbocycles. The fourth-order valence-corrected chi connectivity index (χ4v) is 1.99. The van der Waals surface area contributed by atoms with Gasteiger partial charge in [0.1, 0.15) is 5.69 Å². The maximum atomic E-state index is 5.35. The van der Waals surface area contributed by atoms with E-state index in [-0.39, 0.29) is 6.04 Å². The monoisotopic (exact) mass is 288 g/mol. The topological polar surface area (TPSA) is 69.2 Å². The van der Waals surface area contributed by atoms with Crippen LogP contribution >= 0.6 is 0 Å². The zero-order valence-electron chi connectivity index (χ0n) is 12.5. The SMILES string of the molecule is CCCNC(c1ccccn1)c1ncc(OC)nc1OC. The normalized spacial score (nSPS) is 12.0. The third-order valence-corrected chi connectivity index (χ3v) is 3.00. The van der Waals surface area contributed by atoms with E-state index in [0.717, 1.165) is 18.7 Å². The van der Waals surface area contributed by atoms with Gasteiger partial charge in [-0.3, -0.25) is 4.98 Å². The number of aromatic nitrogens is 3. The van der Waals surface area contributed by atoms with Gasteiger partial charge in [0.15, 0.2) is 0 Å². The van der Waals surface area contributed by atoms with Crippen molar-refractivity contribution in [2.24, 2.45) is 0 Å². The first-order valence-corrected chi connectivity index (χ1v) is 6.89. The van der Waals surface area contributed by atoms with Gasteiger partial charge >= 0.3 is 0 Å². The first-order valence-electron chi connectivity index (χ1n) is 6.89. The van der Waals surface area contributed by atoms with E-state index in [0.29, 0.717) is 17.5 Å². The molecule has 1 N–H and O–H groups in total. The minimum Gasteiger partial charge on any atom is -0.480 e. The summed E-state index contributed by atoms with van der Waals surface area (Å²) >= 11 is 0. The van der Waals surface area contributed by atoms with E-state index in [9.17, 15) is 0 Å². The molecule has 2 heterocycles. The average Bonchev–Trinajstić information content (AvgIpc) is 2.56. The van der Waals surface area contributed by atoms with Crippen LogP contribution in [0.1, 0.15) is 30.8 Å². The van der Waals surface area contributed by atoms with Gasteiger partial charge in [0.05, 0.1) is 32.2 Å². The highest BCUT2D eigenvalue weighted by atomic mass is 16.5. The van der Waals surface area contributed by atoms with E-state index >= 15 is 0 Å². The second-order valence-electron chi connectivity index (χ2n) is 4.45. The molecule has 1 unspecified atom stereocenters. The maximum Gasteiger partial charge on any atom is 0.240 e. The molecular formula is C15H20N4O2. The highest BCUT2D eigenvalue weighted by molar-refractivity contribution is 5.31. The van der Waals surface area contributed by atoms with Crippen LogP contribution in [0.4, 0.5) is 0 Å². The van der Waals surface area contributed by atoms with E-state index in [4.69, 9.17) is 9.47 Å². The fraction of sp³-hybridized carbons (Fsp3) is 0.400. The van der Waals surface area contributed by atoms with Gasteiger partial charge in [0.2, 0.25) is 11.8 Å². The lowest BCUT2D eigenvalue weighted by atomic mass is 10.1. The first-order chi connectivity index (χ1) is 10.3. The van der Waals surface area contributed by atoms with Crippen LogP contribution in [0.3, 0.4) is 0 Å². The Morgan fingerprint density at radius 1 is 1.19 bits per heavy atom. The van der Waals surface area contributed by atoms with Crippen molar-refractivity contribution in [2.45, 2.75) is 19.4 Å². The van der Waals surface area contributed by atoms with Crippen LogP contribution in [0.15, 0.2) is 30.6 Å². The van der Waals surface area contributed by atoms with Crippen molar-refractivity contribution in [3.8, 4) is 11.8 Å². The summed E-state index contributed by atoms with van der Waals surface area (Å²) in [7, 11) is 3.12. The van der Waals surface area contributed by atoms with Gasteiger partial charge in [-0.1, -0.05) is 13.0 Å². The van der Waals surface area contributed by atoms with Gasteiger partial charge < -0.3 is 14.8 Å². The second-order valence-corrected chi connectivity index (χ2v) is 4.45. The highest BCUT2D eigenvalue weighted by Crippen LogP contribution is 2.27. The molecule has 0 amide bonds. The lowest BCUT2D eigenvalue weighted by Gasteiger charge is -2.19. The zero-order valence-corrected chi connectivity index (χ0v) is 12.5. The summed E-state index contributed by atoms with van der Waals surface area (Å²) in [4.78, 5) is 13.1. The van der Waals surface area contributed by atoms with Crippen LogP contribution in [-0.4, -0.2) is 35.7 Å². The first kappa shape index (κ1) is 15.2. The van der Waals surface area contributed by atoms with Crippen molar-refractivity contribution in [1.29, 1.82) is 0 Å². The molecule has 6 heteroatoms. The molecule has 6 nitrogen and oxygen atoms in total. The predicted octanol–water partition coefficient (Wildman–Crippen LogP) is 1.98. The Hall–Kier alpha value is -2.21. The molecule has 1 atom stereocenters. The van der Waals surface area contributed by atoms with Crippen molar-refractivity contribution in [3.63, 3.8) is 0 Å². The summed E-state index contributed by atoms with van der Waals surface area (Å²) < 4.78 is 10.4. The Morgan fingerprint density at radius 2 is 2.05 bits per heavy atom. The highest BCUT2D eigenvalue weighted by Gasteiger charge is 2.22. The molecule has 0 saturated carbocycles. The molecule has 2 aromatic rings. The molecule has 0 spiro atoms. The molecule has 0 saturated heterocycles. The van der Waals surface area contributed by atoms with Crippen LogP contribution in [0, 0.1) is 0 Å². The van der Waals surface area contributed by atoms with E-state index in [1.807, 2.05) is 18.2 Å². The molecule has 0 aliphatic heterocycles. The summed E-state index contributed by atoms with van der Waals surface area (Å²) in [5, 5.41) is 3.43. The van der Waals surface area contributed by atoms with Crippen molar-refractivity contribution in [1.82, 2.24) is 20.3 Å². The number of methoxy groups -OCH3 is 2. The fourth-order valence-electron chi connectivity index (χ4n) is 1.99. The maximum absolute atomic E-state index is 5.35. The van der Waals surface area contributed by atoms with Crippen molar-refractivity contribution >= 4 is 0 Å². The number of nitrogens with zero attached hydrogens (tertiary/aromatic N) is 3. The molecular weight excluding hydrogens is 268 g/mol. The Kier molecular flexibility index (Phi) is 5.45. The van der Waals surface area contributed by atoms with Gasteiger partial charge in [-0.25, -0.2) is 4.98 Å². The third kappa shape index (κ3) is 3.66. The van der Waals surface area contributed by atoms with Crippen LogP contribution in [0.25, 0.3) is 0 Å². The quantitative estimate of drug-likeness (QED) is 0.840. The second kappa shape index (κ2) is 7.54. The summed E-state index contributed by atoms with van der Waals surface area (Å²) in [6.07, 6.45) is 4.36. The summed E-state index contributed by atoms with van der Waals surface area (Å²) in [6, 6.07) is 5.63. The van der Waals surface area contributed by atoms with Gasteiger partial charge in [0.25, 0.3) is 0 Å². The zero-order chi connectivity index (χ0) is 15.1. The minimum absolute atomic E-state index is 0.167. The molecule has 0 aliphatic rings. The molecule has 0 aromatic carbocycles. The Bertz CT molecular complexity index is 563. The number of rotatable bonds is 7. The van der Waals surface area contributed by atoms with Gasteiger partial charge in [-0.05, 0) is 25.1 Å². The summed E-state index contributed by atoms with van der Waals surface area (Å²) in [5.74, 6) is 0.861. The lowest BCUT2D eigenvalue weighted by Crippen LogP contribution is -2.25. The van der Waals surface area contributed by atoms with Crippen LogP contribution in [0.2, 0.25) is 0 Å². The van der Waals surface area contributed by atoms with Crippen molar-refractivity contribution in [3.05, 3.63) is 42.0 Å². The van der Waals surface area contributed by atoms with E-state index in [1.165, 1.54) is 0 Å². The Labute approximate surface area is 124 Å². The molecule has 112 valence electrons. The lowest BCUT2D eigenvalue weighted by molar-refractivity contribution is 0.352. The van der Waals surface area contributed by atoms with Crippen LogP contribution in [-0.2, 0) is 0 Å². The number of ether oxygens (including phenoxy) is 2. The molecule has 0 radical (unpaired) electrons. The van der Waals surface area contributed by atoms with Crippen LogP contribution in [0.5, 0.6) is 11.8 Å². The summed E-state index contributed by atoms with van der Waals surface area (Å²) in [6.45, 7) is 2.96. The van der Waals surface area contributed by atoms with Crippen molar-refractivity contribution < 1.29 is 9.47 Å².